The maximum Gasteiger partial charge on any atom is 0.145 e. The molecule has 0 heterocycles. The summed E-state index contributed by atoms with van der Waals surface area (Å²) >= 11 is 0. The molecular weight excluding hydrogens is 232 g/mol. The van der Waals surface area contributed by atoms with E-state index in [1.807, 2.05) is 0 Å². The van der Waals surface area contributed by atoms with Crippen LogP contribution >= 0.6 is 0 Å². The first kappa shape index (κ1) is 18.4. The highest BCUT2D eigenvalue weighted by Gasteiger charge is 1.96. The zero-order valence-electron chi connectivity index (χ0n) is 13.3. The van der Waals surface area contributed by atoms with Gasteiger partial charge in [-0.1, -0.05) is 77.7 Å². The first-order chi connectivity index (χ1) is 9.35. The summed E-state index contributed by atoms with van der Waals surface area (Å²) in [5.41, 5.74) is 1.03. The summed E-state index contributed by atoms with van der Waals surface area (Å²) in [5.74, 6) is 0. The lowest BCUT2D eigenvalue weighted by Crippen LogP contribution is -1.87. The summed E-state index contributed by atoms with van der Waals surface area (Å²) in [6.45, 7) is 4.48. The number of rotatable bonds is 14. The molecule has 0 N–H and O–H groups in total. The smallest absolute Gasteiger partial charge is 0.145 e. The molecule has 0 bridgehead atoms. The first-order valence-electron chi connectivity index (χ1n) is 8.49. The standard InChI is InChI=1S/C18H34O/c1-3-5-7-9-10-12-14-16-18(17-19)15-13-11-8-6-4-2/h16-17H,3-15H2,1-2H3/b18-16+. The summed E-state index contributed by atoms with van der Waals surface area (Å²) < 4.78 is 0. The first-order valence-corrected chi connectivity index (χ1v) is 8.49. The van der Waals surface area contributed by atoms with Crippen molar-refractivity contribution in [1.29, 1.82) is 0 Å². The van der Waals surface area contributed by atoms with E-state index < -0.39 is 0 Å². The minimum absolute atomic E-state index is 0.989. The Morgan fingerprint density at radius 3 is 1.84 bits per heavy atom. The van der Waals surface area contributed by atoms with Crippen molar-refractivity contribution in [3.63, 3.8) is 0 Å². The van der Waals surface area contributed by atoms with Crippen molar-refractivity contribution >= 4 is 6.29 Å². The van der Waals surface area contributed by atoms with Gasteiger partial charge in [0.15, 0.2) is 0 Å². The van der Waals surface area contributed by atoms with E-state index in [0.717, 1.165) is 24.7 Å². The number of allylic oxidation sites excluding steroid dienone is 2. The van der Waals surface area contributed by atoms with Gasteiger partial charge in [0.2, 0.25) is 0 Å². The van der Waals surface area contributed by atoms with Crippen LogP contribution in [-0.4, -0.2) is 6.29 Å². The zero-order valence-corrected chi connectivity index (χ0v) is 13.3. The predicted molar refractivity (Wildman–Crippen MR) is 85.5 cm³/mol. The van der Waals surface area contributed by atoms with E-state index in [0.29, 0.717) is 0 Å². The number of hydrogen-bond donors (Lipinski definition) is 0. The molecule has 0 aliphatic rings. The monoisotopic (exact) mass is 266 g/mol. The van der Waals surface area contributed by atoms with Gasteiger partial charge in [-0.15, -0.1) is 0 Å². The zero-order chi connectivity index (χ0) is 14.2. The van der Waals surface area contributed by atoms with E-state index >= 15 is 0 Å². The molecule has 0 spiro atoms. The van der Waals surface area contributed by atoms with Crippen molar-refractivity contribution in [2.45, 2.75) is 97.3 Å². The highest BCUT2D eigenvalue weighted by atomic mass is 16.1. The van der Waals surface area contributed by atoms with Gasteiger partial charge in [-0.2, -0.15) is 0 Å². The molecule has 0 fully saturated rings. The lowest BCUT2D eigenvalue weighted by Gasteiger charge is -2.02. The molecule has 112 valence electrons. The number of carbonyl (C=O) groups excluding carboxylic acids is 1. The largest absolute Gasteiger partial charge is 0.298 e. The van der Waals surface area contributed by atoms with Crippen LogP contribution in [0.4, 0.5) is 0 Å². The quantitative estimate of drug-likeness (QED) is 0.207. The van der Waals surface area contributed by atoms with Gasteiger partial charge in [-0.25, -0.2) is 0 Å². The Morgan fingerprint density at radius 2 is 1.26 bits per heavy atom. The van der Waals surface area contributed by atoms with Crippen LogP contribution in [0.2, 0.25) is 0 Å². The molecule has 1 heteroatoms. The van der Waals surface area contributed by atoms with Gasteiger partial charge in [-0.3, -0.25) is 4.79 Å². The van der Waals surface area contributed by atoms with Crippen LogP contribution in [0.1, 0.15) is 97.3 Å². The molecule has 0 amide bonds. The number of carbonyl (C=O) groups is 1. The van der Waals surface area contributed by atoms with Gasteiger partial charge in [-0.05, 0) is 31.3 Å². The van der Waals surface area contributed by atoms with Crippen molar-refractivity contribution in [2.75, 3.05) is 0 Å². The van der Waals surface area contributed by atoms with Crippen LogP contribution in [0.5, 0.6) is 0 Å². The van der Waals surface area contributed by atoms with Gasteiger partial charge < -0.3 is 0 Å². The van der Waals surface area contributed by atoms with E-state index in [2.05, 4.69) is 19.9 Å². The summed E-state index contributed by atoms with van der Waals surface area (Å²) in [4.78, 5) is 11.0. The third kappa shape index (κ3) is 13.6. The molecular formula is C18H34O. The molecule has 0 atom stereocenters. The fraction of sp³-hybridized carbons (Fsp3) is 0.833. The van der Waals surface area contributed by atoms with Gasteiger partial charge in [0.05, 0.1) is 0 Å². The molecule has 0 rings (SSSR count). The summed E-state index contributed by atoms with van der Waals surface area (Å²) in [6.07, 6.45) is 19.7. The van der Waals surface area contributed by atoms with Crippen molar-refractivity contribution in [3.05, 3.63) is 11.6 Å². The third-order valence-corrected chi connectivity index (χ3v) is 3.68. The van der Waals surface area contributed by atoms with Crippen LogP contribution in [0.15, 0.2) is 11.6 Å². The second kappa shape index (κ2) is 15.5. The van der Waals surface area contributed by atoms with Crippen molar-refractivity contribution in [3.8, 4) is 0 Å². The Balaban J connectivity index is 3.49. The highest BCUT2D eigenvalue weighted by Crippen LogP contribution is 2.12. The third-order valence-electron chi connectivity index (χ3n) is 3.68. The fourth-order valence-corrected chi connectivity index (χ4v) is 2.35. The minimum Gasteiger partial charge on any atom is -0.298 e. The van der Waals surface area contributed by atoms with Crippen LogP contribution < -0.4 is 0 Å². The van der Waals surface area contributed by atoms with Gasteiger partial charge in [0.25, 0.3) is 0 Å². The SMILES string of the molecule is CCCCCCCC/C=C(/C=O)CCCCCCC. The fourth-order valence-electron chi connectivity index (χ4n) is 2.35. The Hall–Kier alpha value is -0.590. The summed E-state index contributed by atoms with van der Waals surface area (Å²) in [5, 5.41) is 0. The Labute approximate surface area is 120 Å². The molecule has 0 aromatic heterocycles. The number of aldehydes is 1. The molecule has 0 unspecified atom stereocenters. The molecule has 0 radical (unpaired) electrons. The van der Waals surface area contributed by atoms with Crippen molar-refractivity contribution in [2.24, 2.45) is 0 Å². The molecule has 0 aliphatic heterocycles. The van der Waals surface area contributed by atoms with Gasteiger partial charge in [0, 0.05) is 0 Å². The summed E-state index contributed by atoms with van der Waals surface area (Å²) in [6, 6.07) is 0. The van der Waals surface area contributed by atoms with E-state index in [9.17, 15) is 4.79 Å². The van der Waals surface area contributed by atoms with Crippen molar-refractivity contribution < 1.29 is 4.79 Å². The lowest BCUT2D eigenvalue weighted by molar-refractivity contribution is -0.105. The summed E-state index contributed by atoms with van der Waals surface area (Å²) in [7, 11) is 0. The minimum atomic E-state index is 0.989. The van der Waals surface area contributed by atoms with Crippen molar-refractivity contribution in [1.82, 2.24) is 0 Å². The Bertz CT molecular complexity index is 218. The normalized spacial score (nSPS) is 11.8. The molecule has 0 aromatic rings. The molecule has 0 aliphatic carbocycles. The van der Waals surface area contributed by atoms with Gasteiger partial charge >= 0.3 is 0 Å². The molecule has 0 saturated heterocycles. The molecule has 0 aromatic carbocycles. The van der Waals surface area contributed by atoms with E-state index in [-0.39, 0.29) is 0 Å². The van der Waals surface area contributed by atoms with Crippen LogP contribution in [-0.2, 0) is 4.79 Å². The Kier molecular flexibility index (Phi) is 15.0. The number of unbranched alkanes of at least 4 members (excludes halogenated alkanes) is 10. The number of hydrogen-bond acceptors (Lipinski definition) is 1. The van der Waals surface area contributed by atoms with Crippen LogP contribution in [0, 0.1) is 0 Å². The Morgan fingerprint density at radius 1 is 0.737 bits per heavy atom. The second-order valence-electron chi connectivity index (χ2n) is 5.62. The lowest BCUT2D eigenvalue weighted by atomic mass is 10.0. The second-order valence-corrected chi connectivity index (χ2v) is 5.62. The average molecular weight is 266 g/mol. The van der Waals surface area contributed by atoms with E-state index in [4.69, 9.17) is 0 Å². The van der Waals surface area contributed by atoms with Crippen LogP contribution in [0.3, 0.4) is 0 Å². The average Bonchev–Trinajstić information content (AvgIpc) is 2.44. The van der Waals surface area contributed by atoms with Gasteiger partial charge in [0.1, 0.15) is 6.29 Å². The van der Waals surface area contributed by atoms with Crippen LogP contribution in [0.25, 0.3) is 0 Å². The topological polar surface area (TPSA) is 17.1 Å². The molecule has 19 heavy (non-hydrogen) atoms. The predicted octanol–water partition coefficient (Wildman–Crippen LogP) is 6.22. The molecule has 0 saturated carbocycles. The maximum atomic E-state index is 11.0. The highest BCUT2D eigenvalue weighted by molar-refractivity contribution is 5.72. The molecule has 1 nitrogen and oxygen atoms in total. The maximum absolute atomic E-state index is 11.0. The van der Waals surface area contributed by atoms with E-state index in [1.54, 1.807) is 0 Å². The van der Waals surface area contributed by atoms with E-state index in [1.165, 1.54) is 70.6 Å².